The number of para-hydroxylation sites is 1. The van der Waals surface area contributed by atoms with Crippen molar-refractivity contribution in [1.29, 1.82) is 0 Å². The highest BCUT2D eigenvalue weighted by Crippen LogP contribution is 2.35. The van der Waals surface area contributed by atoms with Gasteiger partial charge in [0.1, 0.15) is 0 Å². The Labute approximate surface area is 163 Å². The molecule has 3 nitrogen and oxygen atoms in total. The molecule has 0 spiro atoms. The second-order valence-corrected chi connectivity index (χ2v) is 8.48. The van der Waals surface area contributed by atoms with E-state index in [0.717, 1.165) is 21.9 Å². The molecule has 0 saturated heterocycles. The maximum atomic E-state index is 13.5. The lowest BCUT2D eigenvalue weighted by Gasteiger charge is -2.10. The van der Waals surface area contributed by atoms with Crippen LogP contribution in [0.15, 0.2) is 108 Å². The third kappa shape index (κ3) is 2.53. The Balaban J connectivity index is 1.88. The maximum absolute atomic E-state index is 13.5. The molecule has 0 aliphatic rings. The first-order chi connectivity index (χ1) is 13.7. The summed E-state index contributed by atoms with van der Waals surface area (Å²) >= 11 is 0. The Morgan fingerprint density at radius 3 is 1.89 bits per heavy atom. The number of benzene rings is 4. The summed E-state index contributed by atoms with van der Waals surface area (Å²) in [5.74, 6) is 0. The second kappa shape index (κ2) is 6.36. The van der Waals surface area contributed by atoms with Crippen LogP contribution in [0.2, 0.25) is 0 Å². The van der Waals surface area contributed by atoms with E-state index in [9.17, 15) is 8.42 Å². The molecule has 0 N–H and O–H groups in total. The molecule has 4 aromatic carbocycles. The zero-order chi connectivity index (χ0) is 19.1. The molecule has 4 heteroatoms. The van der Waals surface area contributed by atoms with Gasteiger partial charge in [-0.2, -0.15) is 0 Å². The van der Waals surface area contributed by atoms with E-state index in [0.29, 0.717) is 11.0 Å². The second-order valence-electron chi connectivity index (χ2n) is 6.70. The number of rotatable bonds is 3. The Hall–Kier alpha value is -3.37. The van der Waals surface area contributed by atoms with E-state index < -0.39 is 10.0 Å². The van der Waals surface area contributed by atoms with E-state index in [4.69, 9.17) is 0 Å². The van der Waals surface area contributed by atoms with Gasteiger partial charge in [0.15, 0.2) is 0 Å². The van der Waals surface area contributed by atoms with Gasteiger partial charge in [-0.25, -0.2) is 12.4 Å². The van der Waals surface area contributed by atoms with E-state index >= 15 is 0 Å². The molecule has 0 aliphatic heterocycles. The average Bonchev–Trinajstić information content (AvgIpc) is 3.09. The molecule has 0 atom stereocenters. The van der Waals surface area contributed by atoms with Crippen molar-refractivity contribution in [3.8, 4) is 11.1 Å². The van der Waals surface area contributed by atoms with Gasteiger partial charge < -0.3 is 0 Å². The first kappa shape index (κ1) is 16.8. The Morgan fingerprint density at radius 2 is 1.14 bits per heavy atom. The molecule has 1 aromatic heterocycles. The summed E-state index contributed by atoms with van der Waals surface area (Å²) in [6.45, 7) is 0. The lowest BCUT2D eigenvalue weighted by molar-refractivity contribution is 0.590. The predicted octanol–water partition coefficient (Wildman–Crippen LogP) is 5.70. The summed E-state index contributed by atoms with van der Waals surface area (Å²) in [5.41, 5.74) is 3.41. The molecule has 0 unspecified atom stereocenters. The Kier molecular flexibility index (Phi) is 3.81. The molecule has 0 bridgehead atoms. The molecule has 0 saturated carbocycles. The average molecular weight is 383 g/mol. The van der Waals surface area contributed by atoms with Gasteiger partial charge in [0.05, 0.1) is 15.9 Å². The zero-order valence-electron chi connectivity index (χ0n) is 15.0. The molecule has 1 heterocycles. The van der Waals surface area contributed by atoms with Gasteiger partial charge in [0.2, 0.25) is 0 Å². The van der Waals surface area contributed by atoms with Crippen LogP contribution in [0.25, 0.3) is 32.9 Å². The highest BCUT2D eigenvalue weighted by Gasteiger charge is 2.23. The predicted molar refractivity (Wildman–Crippen MR) is 114 cm³/mol. The third-order valence-electron chi connectivity index (χ3n) is 5.02. The third-order valence-corrected chi connectivity index (χ3v) is 6.76. The fourth-order valence-corrected chi connectivity index (χ4v) is 5.24. The van der Waals surface area contributed by atoms with Gasteiger partial charge in [-0.1, -0.05) is 78.9 Å². The van der Waals surface area contributed by atoms with Crippen LogP contribution in [0.1, 0.15) is 0 Å². The van der Waals surface area contributed by atoms with Crippen LogP contribution < -0.4 is 0 Å². The highest BCUT2D eigenvalue weighted by atomic mass is 32.2. The summed E-state index contributed by atoms with van der Waals surface area (Å²) in [4.78, 5) is 0.280. The number of nitrogens with zero attached hydrogens (tertiary/aromatic N) is 1. The molecule has 0 aliphatic carbocycles. The first-order valence-electron chi connectivity index (χ1n) is 9.05. The standard InChI is InChI=1S/C24H17NO2S/c26-28(27,20-11-5-2-6-12-20)25-23-14-8-7-13-21(23)22-16-15-19(17-24(22)25)18-9-3-1-4-10-18/h1-17H. The fourth-order valence-electron chi connectivity index (χ4n) is 3.70. The zero-order valence-corrected chi connectivity index (χ0v) is 15.8. The number of hydrogen-bond donors (Lipinski definition) is 0. The van der Waals surface area contributed by atoms with Crippen LogP contribution >= 0.6 is 0 Å². The van der Waals surface area contributed by atoms with Gasteiger partial charge in [0, 0.05) is 10.8 Å². The molecule has 5 aromatic rings. The normalized spacial score (nSPS) is 11.9. The van der Waals surface area contributed by atoms with Gasteiger partial charge in [-0.3, -0.25) is 0 Å². The summed E-state index contributed by atoms with van der Waals surface area (Å²) in [6.07, 6.45) is 0. The van der Waals surface area contributed by atoms with Crippen molar-refractivity contribution in [2.75, 3.05) is 0 Å². The van der Waals surface area contributed by atoms with Crippen LogP contribution in [-0.4, -0.2) is 12.4 Å². The van der Waals surface area contributed by atoms with Crippen molar-refractivity contribution in [1.82, 2.24) is 3.97 Å². The van der Waals surface area contributed by atoms with Gasteiger partial charge in [-0.05, 0) is 35.4 Å². The van der Waals surface area contributed by atoms with Crippen molar-refractivity contribution < 1.29 is 8.42 Å². The number of fused-ring (bicyclic) bond motifs is 3. The molecule has 0 fully saturated rings. The van der Waals surface area contributed by atoms with Crippen LogP contribution in [0.4, 0.5) is 0 Å². The van der Waals surface area contributed by atoms with Crippen LogP contribution in [0, 0.1) is 0 Å². The molecule has 5 rings (SSSR count). The summed E-state index contributed by atoms with van der Waals surface area (Å²) in [5, 5.41) is 1.85. The number of hydrogen-bond acceptors (Lipinski definition) is 2. The Morgan fingerprint density at radius 1 is 0.536 bits per heavy atom. The minimum atomic E-state index is -3.73. The number of aromatic nitrogens is 1. The van der Waals surface area contributed by atoms with Crippen molar-refractivity contribution in [3.05, 3.63) is 103 Å². The fraction of sp³-hybridized carbons (Fsp3) is 0. The van der Waals surface area contributed by atoms with Gasteiger partial charge >= 0.3 is 0 Å². The van der Waals surface area contributed by atoms with E-state index in [-0.39, 0.29) is 4.90 Å². The molecular weight excluding hydrogens is 366 g/mol. The van der Waals surface area contributed by atoms with Crippen molar-refractivity contribution in [2.24, 2.45) is 0 Å². The van der Waals surface area contributed by atoms with Crippen LogP contribution in [0.3, 0.4) is 0 Å². The largest absolute Gasteiger partial charge is 0.268 e. The summed E-state index contributed by atoms with van der Waals surface area (Å²) in [7, 11) is -3.73. The van der Waals surface area contributed by atoms with Crippen LogP contribution in [-0.2, 0) is 10.0 Å². The molecule has 0 radical (unpaired) electrons. The minimum Gasteiger partial charge on any atom is -0.233 e. The van der Waals surface area contributed by atoms with E-state index in [2.05, 4.69) is 0 Å². The maximum Gasteiger partial charge on any atom is 0.268 e. The van der Waals surface area contributed by atoms with E-state index in [1.54, 1.807) is 24.3 Å². The monoisotopic (exact) mass is 383 g/mol. The molecule has 28 heavy (non-hydrogen) atoms. The minimum absolute atomic E-state index is 0.280. The topological polar surface area (TPSA) is 39.1 Å². The van der Waals surface area contributed by atoms with Crippen LogP contribution in [0.5, 0.6) is 0 Å². The lowest BCUT2D eigenvalue weighted by Crippen LogP contribution is -2.12. The van der Waals surface area contributed by atoms with Crippen molar-refractivity contribution >= 4 is 31.8 Å². The Bertz CT molecular complexity index is 1400. The van der Waals surface area contributed by atoms with E-state index in [1.165, 1.54) is 3.97 Å². The first-order valence-corrected chi connectivity index (χ1v) is 10.5. The lowest BCUT2D eigenvalue weighted by atomic mass is 10.0. The molecule has 136 valence electrons. The quantitative estimate of drug-likeness (QED) is 0.401. The molecular formula is C24H17NO2S. The van der Waals surface area contributed by atoms with Crippen molar-refractivity contribution in [3.63, 3.8) is 0 Å². The van der Waals surface area contributed by atoms with Gasteiger partial charge in [-0.15, -0.1) is 0 Å². The smallest absolute Gasteiger partial charge is 0.233 e. The van der Waals surface area contributed by atoms with E-state index in [1.807, 2.05) is 78.9 Å². The summed E-state index contributed by atoms with van der Waals surface area (Å²) < 4.78 is 28.5. The van der Waals surface area contributed by atoms with Crippen molar-refractivity contribution in [2.45, 2.75) is 4.90 Å². The summed E-state index contributed by atoms with van der Waals surface area (Å²) in [6, 6.07) is 32.2. The molecule has 0 amide bonds. The highest BCUT2D eigenvalue weighted by molar-refractivity contribution is 7.90. The SMILES string of the molecule is O=S(=O)(c1ccccc1)n1c2ccccc2c2ccc(-c3ccccc3)cc21. The van der Waals surface area contributed by atoms with Gasteiger partial charge in [0.25, 0.3) is 10.0 Å².